The van der Waals surface area contributed by atoms with Crippen LogP contribution in [0.15, 0.2) is 60.7 Å². The third-order valence-electron chi connectivity index (χ3n) is 10.3. The summed E-state index contributed by atoms with van der Waals surface area (Å²) in [6, 6.07) is 18.1. The van der Waals surface area contributed by atoms with E-state index in [-0.39, 0.29) is 53.8 Å². The topological polar surface area (TPSA) is 113 Å². The first-order valence-corrected chi connectivity index (χ1v) is 19.6. The Morgan fingerprint density at radius 1 is 0.712 bits per heavy atom. The highest BCUT2D eigenvalue weighted by molar-refractivity contribution is 5.97. The van der Waals surface area contributed by atoms with Crippen LogP contribution in [0, 0.1) is 29.1 Å². The summed E-state index contributed by atoms with van der Waals surface area (Å²) >= 11 is 0. The van der Waals surface area contributed by atoms with Crippen LogP contribution in [0.3, 0.4) is 0 Å². The Kier molecular flexibility index (Phi) is 17.4. The predicted molar refractivity (Wildman–Crippen MR) is 209 cm³/mol. The lowest BCUT2D eigenvalue weighted by atomic mass is 9.87. The highest BCUT2D eigenvalue weighted by atomic mass is 16.2. The first-order chi connectivity index (χ1) is 24.7. The van der Waals surface area contributed by atoms with Crippen LogP contribution in [0.2, 0.25) is 0 Å². The summed E-state index contributed by atoms with van der Waals surface area (Å²) in [5, 5.41) is 6.13. The van der Waals surface area contributed by atoms with Crippen LogP contribution in [-0.4, -0.2) is 66.8 Å². The zero-order valence-corrected chi connectivity index (χ0v) is 32.9. The molecular formula is C44H65N3O5. The third-order valence-corrected chi connectivity index (χ3v) is 10.3. The van der Waals surface area contributed by atoms with Gasteiger partial charge in [0.25, 0.3) is 0 Å². The van der Waals surface area contributed by atoms with E-state index < -0.39 is 29.3 Å². The molecule has 0 aromatic heterocycles. The number of carbonyl (C=O) groups excluding carboxylic acids is 5. The van der Waals surface area contributed by atoms with Crippen molar-refractivity contribution in [3.8, 4) is 0 Å². The molecule has 1 aliphatic rings. The van der Waals surface area contributed by atoms with Gasteiger partial charge in [0.2, 0.25) is 11.8 Å². The maximum atomic E-state index is 14.2. The number of ketones is 3. The fraction of sp³-hybridized carbons (Fsp3) is 0.614. The number of benzene rings is 2. The average molecular weight is 716 g/mol. The molecule has 2 aromatic carbocycles. The van der Waals surface area contributed by atoms with Crippen molar-refractivity contribution in [3.05, 3.63) is 71.8 Å². The van der Waals surface area contributed by atoms with E-state index in [1.807, 2.05) is 109 Å². The van der Waals surface area contributed by atoms with Gasteiger partial charge in [0.15, 0.2) is 11.6 Å². The van der Waals surface area contributed by atoms with E-state index in [4.69, 9.17) is 0 Å². The number of unbranched alkanes of at least 4 members (excludes halogenated alkanes) is 1. The number of amides is 2. The molecule has 4 atom stereocenters. The number of carbonyl (C=O) groups is 5. The summed E-state index contributed by atoms with van der Waals surface area (Å²) in [5.41, 5.74) is 1.62. The first-order valence-electron chi connectivity index (χ1n) is 19.6. The number of nitrogens with one attached hydrogen (secondary N) is 2. The zero-order chi connectivity index (χ0) is 38.3. The maximum absolute atomic E-state index is 14.2. The monoisotopic (exact) mass is 715 g/mol. The summed E-state index contributed by atoms with van der Waals surface area (Å²) in [7, 11) is 4.02. The van der Waals surface area contributed by atoms with Crippen molar-refractivity contribution in [2.45, 2.75) is 124 Å². The first kappa shape index (κ1) is 42.8. The molecule has 2 aromatic rings. The number of hydrogen-bond acceptors (Lipinski definition) is 6. The molecule has 1 fully saturated rings. The predicted octanol–water partition coefficient (Wildman–Crippen LogP) is 7.18. The average Bonchev–Trinajstić information content (AvgIpc) is 3.85. The third kappa shape index (κ3) is 15.1. The van der Waals surface area contributed by atoms with Gasteiger partial charge < -0.3 is 15.5 Å². The number of aryl methyl sites for hydroxylation is 1. The number of Topliss-reactive ketones (excluding diaryl/α,β-unsaturated/α-hetero) is 3. The van der Waals surface area contributed by atoms with Crippen LogP contribution in [0.4, 0.5) is 0 Å². The minimum atomic E-state index is -0.800. The summed E-state index contributed by atoms with van der Waals surface area (Å²) < 4.78 is 0. The van der Waals surface area contributed by atoms with E-state index in [1.165, 1.54) is 0 Å². The van der Waals surface area contributed by atoms with E-state index in [0.717, 1.165) is 43.4 Å². The number of rotatable bonds is 25. The number of hydrogen-bond donors (Lipinski definition) is 2. The van der Waals surface area contributed by atoms with Crippen LogP contribution in [0.5, 0.6) is 0 Å². The lowest BCUT2D eigenvalue weighted by molar-refractivity contribution is -0.135. The van der Waals surface area contributed by atoms with Crippen LogP contribution < -0.4 is 10.6 Å². The van der Waals surface area contributed by atoms with Crippen molar-refractivity contribution in [3.63, 3.8) is 0 Å². The van der Waals surface area contributed by atoms with Gasteiger partial charge in [-0.3, -0.25) is 24.0 Å². The molecule has 0 spiro atoms. The van der Waals surface area contributed by atoms with E-state index in [1.54, 1.807) is 0 Å². The van der Waals surface area contributed by atoms with Gasteiger partial charge in [0.1, 0.15) is 5.78 Å². The fourth-order valence-electron chi connectivity index (χ4n) is 6.86. The zero-order valence-electron chi connectivity index (χ0n) is 32.9. The molecule has 0 aliphatic heterocycles. The Morgan fingerprint density at radius 3 is 1.81 bits per heavy atom. The molecule has 8 heteroatoms. The second-order valence-corrected chi connectivity index (χ2v) is 16.6. The van der Waals surface area contributed by atoms with Crippen LogP contribution in [0.1, 0.15) is 110 Å². The molecule has 2 unspecified atom stereocenters. The van der Waals surface area contributed by atoms with Gasteiger partial charge in [0, 0.05) is 36.5 Å². The lowest BCUT2D eigenvalue weighted by Crippen LogP contribution is -2.49. The second-order valence-electron chi connectivity index (χ2n) is 16.6. The highest BCUT2D eigenvalue weighted by Gasteiger charge is 2.48. The largest absolute Gasteiger partial charge is 0.346 e. The molecule has 3 rings (SSSR count). The molecule has 2 amide bonds. The van der Waals surface area contributed by atoms with Crippen molar-refractivity contribution in [1.82, 2.24) is 15.5 Å². The van der Waals surface area contributed by atoms with Crippen LogP contribution >= 0.6 is 0 Å². The van der Waals surface area contributed by atoms with Crippen molar-refractivity contribution >= 4 is 29.2 Å². The van der Waals surface area contributed by atoms with Gasteiger partial charge in [-0.2, -0.15) is 0 Å². The summed E-state index contributed by atoms with van der Waals surface area (Å²) in [4.78, 5) is 71.0. The molecule has 8 nitrogen and oxygen atoms in total. The van der Waals surface area contributed by atoms with Crippen molar-refractivity contribution < 1.29 is 24.0 Å². The van der Waals surface area contributed by atoms with Gasteiger partial charge >= 0.3 is 0 Å². The smallest absolute Gasteiger partial charge is 0.224 e. The fourth-order valence-corrected chi connectivity index (χ4v) is 6.86. The molecule has 0 saturated heterocycles. The normalized spacial score (nSPS) is 15.9. The van der Waals surface area contributed by atoms with E-state index in [9.17, 15) is 24.0 Å². The van der Waals surface area contributed by atoms with Crippen molar-refractivity contribution in [2.24, 2.45) is 29.1 Å². The van der Waals surface area contributed by atoms with Crippen molar-refractivity contribution in [1.29, 1.82) is 0 Å². The van der Waals surface area contributed by atoms with Gasteiger partial charge in [-0.25, -0.2) is 0 Å². The number of nitrogens with zero attached hydrogens (tertiary/aromatic N) is 1. The molecular weight excluding hydrogens is 651 g/mol. The second kappa shape index (κ2) is 21.2. The van der Waals surface area contributed by atoms with Gasteiger partial charge in [0.05, 0.1) is 12.1 Å². The molecule has 1 aliphatic carbocycles. The van der Waals surface area contributed by atoms with Gasteiger partial charge in [-0.15, -0.1) is 0 Å². The Hall–Kier alpha value is -3.65. The Morgan fingerprint density at radius 2 is 1.25 bits per heavy atom. The molecule has 0 radical (unpaired) electrons. The van der Waals surface area contributed by atoms with Crippen LogP contribution in [0.25, 0.3) is 0 Å². The molecule has 286 valence electrons. The quantitative estimate of drug-likeness (QED) is 0.105. The standard InChI is InChI=1S/C44H65N3O5/c1-31(2)26-38(45-42(51)35(22-21-33-16-10-8-11-17-33)29-37(48)20-14-15-25-47(6)7)40(49)30-36(28-34-18-12-9-13-19-34)43(52)46-39(27-32(3)4)41(50)44(5)23-24-44/h8-13,16-19,31-32,35-36,38-39H,14-15,20-30H2,1-7H3,(H,45,51)(H,46,52)/t35-,36-,38?,39?/m1/s1. The molecule has 0 bridgehead atoms. The molecule has 1 saturated carbocycles. The van der Waals surface area contributed by atoms with E-state index in [2.05, 4.69) is 15.5 Å². The highest BCUT2D eigenvalue weighted by Crippen LogP contribution is 2.47. The minimum Gasteiger partial charge on any atom is -0.346 e. The Balaban J connectivity index is 1.80. The summed E-state index contributed by atoms with van der Waals surface area (Å²) in [6.45, 7) is 11.0. The Bertz CT molecular complexity index is 1430. The van der Waals surface area contributed by atoms with Crippen LogP contribution in [-0.2, 0) is 36.8 Å². The minimum absolute atomic E-state index is 0.0591. The maximum Gasteiger partial charge on any atom is 0.224 e. The van der Waals surface area contributed by atoms with Gasteiger partial charge in [-0.05, 0) is 101 Å². The van der Waals surface area contributed by atoms with Gasteiger partial charge in [-0.1, -0.05) is 95.3 Å². The summed E-state index contributed by atoms with van der Waals surface area (Å²) in [6.07, 6.45) is 6.24. The Labute approximate surface area is 313 Å². The molecule has 0 heterocycles. The lowest BCUT2D eigenvalue weighted by Gasteiger charge is -2.27. The molecule has 2 N–H and O–H groups in total. The SMILES string of the molecule is CC(C)CC(NC(=O)[C@H](CCc1ccccc1)CC(=O)CCCCN(C)C)C(=O)C[C@@H](Cc1ccccc1)C(=O)NC(CC(C)C)C(=O)C1(C)CC1. The van der Waals surface area contributed by atoms with E-state index in [0.29, 0.717) is 38.5 Å². The molecule has 52 heavy (non-hydrogen) atoms. The van der Waals surface area contributed by atoms with Crippen molar-refractivity contribution in [2.75, 3.05) is 20.6 Å². The summed E-state index contributed by atoms with van der Waals surface area (Å²) in [5.74, 6) is -1.66. The van der Waals surface area contributed by atoms with E-state index >= 15 is 0 Å².